The van der Waals surface area contributed by atoms with Crippen molar-refractivity contribution in [3.05, 3.63) is 52.9 Å². The Morgan fingerprint density at radius 2 is 1.92 bits per heavy atom. The third kappa shape index (κ3) is 3.38. The molecule has 1 aliphatic heterocycles. The molecule has 0 aliphatic carbocycles. The Morgan fingerprint density at radius 3 is 2.50 bits per heavy atom. The zero-order valence-electron chi connectivity index (χ0n) is 13.6. The lowest BCUT2D eigenvalue weighted by Gasteiger charge is -2.19. The molecule has 2 aromatic rings. The van der Waals surface area contributed by atoms with Crippen LogP contribution in [0.2, 0.25) is 0 Å². The van der Waals surface area contributed by atoms with Crippen LogP contribution in [0.1, 0.15) is 24.0 Å². The molecule has 0 bridgehead atoms. The highest BCUT2D eigenvalue weighted by Gasteiger charge is 2.40. The van der Waals surface area contributed by atoms with Crippen molar-refractivity contribution >= 4 is 27.3 Å². The number of benzene rings is 1. The van der Waals surface area contributed by atoms with Gasteiger partial charge in [0.25, 0.3) is 10.0 Å². The van der Waals surface area contributed by atoms with Crippen LogP contribution in [-0.2, 0) is 14.8 Å². The summed E-state index contributed by atoms with van der Waals surface area (Å²) in [6.45, 7) is 4.13. The van der Waals surface area contributed by atoms with E-state index in [1.807, 2.05) is 31.2 Å². The molecule has 24 heavy (non-hydrogen) atoms. The number of carbonyl (C=O) groups excluding carboxylic acids is 1. The molecule has 0 spiro atoms. The first-order chi connectivity index (χ1) is 11.4. The molecule has 1 aliphatic rings. The van der Waals surface area contributed by atoms with Gasteiger partial charge in [-0.3, -0.25) is 4.79 Å². The molecule has 1 N–H and O–H groups in total. The lowest BCUT2D eigenvalue weighted by molar-refractivity contribution is -0.119. The van der Waals surface area contributed by atoms with Gasteiger partial charge in [0.05, 0.1) is 6.04 Å². The second kappa shape index (κ2) is 6.66. The summed E-state index contributed by atoms with van der Waals surface area (Å²) < 4.78 is 27.4. The first-order valence-electron chi connectivity index (χ1n) is 7.75. The summed E-state index contributed by atoms with van der Waals surface area (Å²) in [5, 5.41) is 4.67. The predicted molar refractivity (Wildman–Crippen MR) is 94.6 cm³/mol. The van der Waals surface area contributed by atoms with Crippen molar-refractivity contribution in [2.75, 3.05) is 13.1 Å². The van der Waals surface area contributed by atoms with Crippen LogP contribution in [0.15, 0.2) is 46.0 Å². The van der Waals surface area contributed by atoms with Gasteiger partial charge in [0.15, 0.2) is 0 Å². The highest BCUT2D eigenvalue weighted by atomic mass is 32.2. The van der Waals surface area contributed by atoms with Gasteiger partial charge in [0.2, 0.25) is 5.91 Å². The smallest absolute Gasteiger partial charge is 0.252 e. The van der Waals surface area contributed by atoms with E-state index in [1.54, 1.807) is 17.5 Å². The molecule has 1 aromatic carbocycles. The molecular weight excluding hydrogens is 344 g/mol. The summed E-state index contributed by atoms with van der Waals surface area (Å²) in [7, 11) is -3.51. The average Bonchev–Trinajstić information content (AvgIpc) is 3.17. The SMILES string of the molecule is CC(=O)N[C@@H]1CN(S(=O)(=O)c2cccs2)C[C@H]1c1ccc(C)cc1. The van der Waals surface area contributed by atoms with Crippen molar-refractivity contribution in [1.29, 1.82) is 0 Å². The quantitative estimate of drug-likeness (QED) is 0.906. The van der Waals surface area contributed by atoms with Crippen molar-refractivity contribution in [3.8, 4) is 0 Å². The zero-order valence-corrected chi connectivity index (χ0v) is 15.2. The number of rotatable bonds is 4. The van der Waals surface area contributed by atoms with E-state index in [1.165, 1.54) is 22.6 Å². The number of aryl methyl sites for hydroxylation is 1. The standard InChI is InChI=1S/C17H20N2O3S2/c1-12-5-7-14(8-6-12)15-10-19(11-16(15)18-13(2)20)24(21,22)17-4-3-9-23-17/h3-9,15-16H,10-11H2,1-2H3,(H,18,20)/t15-,16+/m0/s1. The summed E-state index contributed by atoms with van der Waals surface area (Å²) in [5.41, 5.74) is 2.19. The van der Waals surface area contributed by atoms with Crippen LogP contribution >= 0.6 is 11.3 Å². The molecule has 1 aromatic heterocycles. The maximum Gasteiger partial charge on any atom is 0.252 e. The Kier molecular flexibility index (Phi) is 4.76. The predicted octanol–water partition coefficient (Wildman–Crippen LogP) is 2.35. The number of hydrogen-bond donors (Lipinski definition) is 1. The fourth-order valence-electron chi connectivity index (χ4n) is 3.06. The number of carbonyl (C=O) groups is 1. The molecule has 0 unspecified atom stereocenters. The third-order valence-electron chi connectivity index (χ3n) is 4.27. The normalized spacial score (nSPS) is 21.8. The summed E-state index contributed by atoms with van der Waals surface area (Å²) in [5.74, 6) is -0.197. The van der Waals surface area contributed by atoms with Crippen LogP contribution in [-0.4, -0.2) is 37.8 Å². The largest absolute Gasteiger partial charge is 0.352 e. The van der Waals surface area contributed by atoms with E-state index in [0.29, 0.717) is 17.3 Å². The lowest BCUT2D eigenvalue weighted by Crippen LogP contribution is -2.39. The second-order valence-electron chi connectivity index (χ2n) is 6.08. The summed E-state index contributed by atoms with van der Waals surface area (Å²) >= 11 is 1.21. The van der Waals surface area contributed by atoms with E-state index < -0.39 is 10.0 Å². The van der Waals surface area contributed by atoms with Gasteiger partial charge in [-0.1, -0.05) is 35.9 Å². The Hall–Kier alpha value is -1.70. The van der Waals surface area contributed by atoms with Gasteiger partial charge in [-0.2, -0.15) is 4.31 Å². The monoisotopic (exact) mass is 364 g/mol. The van der Waals surface area contributed by atoms with Gasteiger partial charge in [-0.05, 0) is 23.9 Å². The van der Waals surface area contributed by atoms with E-state index >= 15 is 0 Å². The minimum Gasteiger partial charge on any atom is -0.352 e. The minimum atomic E-state index is -3.51. The molecule has 2 atom stereocenters. The van der Waals surface area contributed by atoms with Gasteiger partial charge in [-0.25, -0.2) is 8.42 Å². The van der Waals surface area contributed by atoms with Crippen molar-refractivity contribution in [1.82, 2.24) is 9.62 Å². The van der Waals surface area contributed by atoms with Crippen molar-refractivity contribution in [2.45, 2.75) is 30.0 Å². The molecule has 128 valence electrons. The van der Waals surface area contributed by atoms with Crippen LogP contribution < -0.4 is 5.32 Å². The van der Waals surface area contributed by atoms with Crippen molar-refractivity contribution in [2.24, 2.45) is 0 Å². The number of sulfonamides is 1. The maximum absolute atomic E-state index is 12.8. The lowest BCUT2D eigenvalue weighted by atomic mass is 9.93. The highest BCUT2D eigenvalue weighted by molar-refractivity contribution is 7.91. The Balaban J connectivity index is 1.90. The first-order valence-corrected chi connectivity index (χ1v) is 10.1. The minimum absolute atomic E-state index is 0.0516. The van der Waals surface area contributed by atoms with Crippen LogP contribution in [0.5, 0.6) is 0 Å². The number of nitrogens with one attached hydrogen (secondary N) is 1. The fourth-order valence-corrected chi connectivity index (χ4v) is 5.70. The van der Waals surface area contributed by atoms with Gasteiger partial charge < -0.3 is 5.32 Å². The molecule has 7 heteroatoms. The van der Waals surface area contributed by atoms with Crippen LogP contribution in [0.3, 0.4) is 0 Å². The Bertz CT molecular complexity index is 814. The van der Waals surface area contributed by atoms with E-state index in [-0.39, 0.29) is 17.9 Å². The van der Waals surface area contributed by atoms with Gasteiger partial charge in [-0.15, -0.1) is 11.3 Å². The van der Waals surface area contributed by atoms with Crippen molar-refractivity contribution < 1.29 is 13.2 Å². The zero-order chi connectivity index (χ0) is 17.3. The molecular formula is C17H20N2O3S2. The molecule has 1 saturated heterocycles. The number of nitrogens with zero attached hydrogens (tertiary/aromatic N) is 1. The Labute approximate surface area is 146 Å². The molecule has 1 fully saturated rings. The van der Waals surface area contributed by atoms with E-state index in [9.17, 15) is 13.2 Å². The van der Waals surface area contributed by atoms with Gasteiger partial charge in [0, 0.05) is 25.9 Å². The number of hydrogen-bond acceptors (Lipinski definition) is 4. The molecule has 1 amide bonds. The summed E-state index contributed by atoms with van der Waals surface area (Å²) in [4.78, 5) is 11.5. The Morgan fingerprint density at radius 1 is 1.21 bits per heavy atom. The number of amides is 1. The average molecular weight is 364 g/mol. The van der Waals surface area contributed by atoms with Gasteiger partial charge in [0.1, 0.15) is 4.21 Å². The number of thiophene rings is 1. The molecule has 0 saturated carbocycles. The van der Waals surface area contributed by atoms with Crippen LogP contribution in [0.4, 0.5) is 0 Å². The molecule has 5 nitrogen and oxygen atoms in total. The van der Waals surface area contributed by atoms with Crippen LogP contribution in [0, 0.1) is 6.92 Å². The summed E-state index contributed by atoms with van der Waals surface area (Å²) in [6, 6.07) is 11.2. The molecule has 2 heterocycles. The summed E-state index contributed by atoms with van der Waals surface area (Å²) in [6.07, 6.45) is 0. The molecule has 0 radical (unpaired) electrons. The second-order valence-corrected chi connectivity index (χ2v) is 9.19. The third-order valence-corrected chi connectivity index (χ3v) is 7.47. The van der Waals surface area contributed by atoms with E-state index in [2.05, 4.69) is 5.32 Å². The molecule has 3 rings (SSSR count). The topological polar surface area (TPSA) is 66.5 Å². The van der Waals surface area contributed by atoms with Crippen LogP contribution in [0.25, 0.3) is 0 Å². The van der Waals surface area contributed by atoms with E-state index in [4.69, 9.17) is 0 Å². The van der Waals surface area contributed by atoms with E-state index in [0.717, 1.165) is 11.1 Å². The van der Waals surface area contributed by atoms with Gasteiger partial charge >= 0.3 is 0 Å². The van der Waals surface area contributed by atoms with Crippen molar-refractivity contribution in [3.63, 3.8) is 0 Å². The first kappa shape index (κ1) is 17.1. The highest BCUT2D eigenvalue weighted by Crippen LogP contribution is 2.32. The fraction of sp³-hybridized carbons (Fsp3) is 0.353. The maximum atomic E-state index is 12.8.